The fourth-order valence-electron chi connectivity index (χ4n) is 1.07. The summed E-state index contributed by atoms with van der Waals surface area (Å²) >= 11 is 0. The molecule has 0 rings (SSSR count). The van der Waals surface area contributed by atoms with Gasteiger partial charge in [0.15, 0.2) is 12.4 Å². The van der Waals surface area contributed by atoms with Crippen molar-refractivity contribution in [2.24, 2.45) is 0 Å². The number of methoxy groups -OCH3 is 1. The van der Waals surface area contributed by atoms with Crippen molar-refractivity contribution in [1.82, 2.24) is 0 Å². The zero-order valence-corrected chi connectivity index (χ0v) is 9.27. The van der Waals surface area contributed by atoms with Gasteiger partial charge in [0.25, 0.3) is 0 Å². The molecule has 0 bridgehead atoms. The van der Waals surface area contributed by atoms with Gasteiger partial charge in [-0.3, -0.25) is 4.79 Å². The molecule has 8 heteroatoms. The van der Waals surface area contributed by atoms with Gasteiger partial charge in [-0.25, -0.2) is 4.79 Å². The van der Waals surface area contributed by atoms with Crippen LogP contribution in [-0.4, -0.2) is 65.1 Å². The van der Waals surface area contributed by atoms with Crippen LogP contribution in [0.25, 0.3) is 0 Å². The van der Waals surface area contributed by atoms with Crippen molar-refractivity contribution in [2.75, 3.05) is 7.11 Å². The van der Waals surface area contributed by atoms with Gasteiger partial charge in [-0.1, -0.05) is 0 Å². The summed E-state index contributed by atoms with van der Waals surface area (Å²) in [6, 6.07) is 0. The van der Waals surface area contributed by atoms with E-state index in [-0.39, 0.29) is 6.29 Å². The first-order chi connectivity index (χ1) is 7.84. The lowest BCUT2D eigenvalue weighted by Crippen LogP contribution is -2.49. The van der Waals surface area contributed by atoms with Crippen LogP contribution >= 0.6 is 0 Å². The minimum absolute atomic E-state index is 0.0136. The molecule has 0 aromatic carbocycles. The number of aliphatic hydroxyl groups is 3. The summed E-state index contributed by atoms with van der Waals surface area (Å²) in [5, 5.41) is 27.8. The smallest absolute Gasteiger partial charge is 0.345 e. The van der Waals surface area contributed by atoms with E-state index in [1.54, 1.807) is 0 Å². The van der Waals surface area contributed by atoms with Gasteiger partial charge >= 0.3 is 11.9 Å². The summed E-state index contributed by atoms with van der Waals surface area (Å²) in [4.78, 5) is 31.8. The molecule has 17 heavy (non-hydrogen) atoms. The van der Waals surface area contributed by atoms with E-state index < -0.39 is 36.4 Å². The first kappa shape index (κ1) is 15.7. The van der Waals surface area contributed by atoms with Crippen LogP contribution in [0.15, 0.2) is 0 Å². The maximum Gasteiger partial charge on any atom is 0.345 e. The van der Waals surface area contributed by atoms with Gasteiger partial charge in [0.05, 0.1) is 0 Å². The summed E-state index contributed by atoms with van der Waals surface area (Å²) < 4.78 is 8.64. The number of esters is 2. The number of rotatable bonds is 6. The number of aliphatic hydroxyl groups excluding tert-OH is 3. The van der Waals surface area contributed by atoms with Crippen molar-refractivity contribution in [3.05, 3.63) is 0 Å². The molecule has 0 aromatic heterocycles. The fraction of sp³-hybridized carbons (Fsp3) is 0.667. The Balaban J connectivity index is 4.69. The highest BCUT2D eigenvalue weighted by Crippen LogP contribution is 2.09. The lowest BCUT2D eigenvalue weighted by Gasteiger charge is -2.25. The predicted molar refractivity (Wildman–Crippen MR) is 51.7 cm³/mol. The highest BCUT2D eigenvalue weighted by molar-refractivity contribution is 5.87. The quantitative estimate of drug-likeness (QED) is 0.265. The standard InChI is InChI=1S/C9H14O8/c1-4(11)17-9(15)7(14)8(16-2)6(13)5(12)3-10/h3,5-8,12-14H,1-2H3. The van der Waals surface area contributed by atoms with E-state index in [2.05, 4.69) is 9.47 Å². The summed E-state index contributed by atoms with van der Waals surface area (Å²) in [6.45, 7) is 0.948. The topological polar surface area (TPSA) is 130 Å². The molecular weight excluding hydrogens is 236 g/mol. The SMILES string of the molecule is COC(C(O)C(=O)OC(C)=O)C(O)C(O)C=O. The minimum atomic E-state index is -2.01. The molecule has 0 aliphatic heterocycles. The van der Waals surface area contributed by atoms with Crippen molar-refractivity contribution in [1.29, 1.82) is 0 Å². The van der Waals surface area contributed by atoms with Gasteiger partial charge in [0.2, 0.25) is 0 Å². The second kappa shape index (κ2) is 7.07. The van der Waals surface area contributed by atoms with Crippen LogP contribution in [0, 0.1) is 0 Å². The van der Waals surface area contributed by atoms with E-state index in [0.29, 0.717) is 0 Å². The van der Waals surface area contributed by atoms with Crippen molar-refractivity contribution < 1.29 is 39.2 Å². The van der Waals surface area contributed by atoms with Gasteiger partial charge in [0, 0.05) is 14.0 Å². The van der Waals surface area contributed by atoms with Crippen LogP contribution < -0.4 is 0 Å². The Bertz CT molecular complexity index is 289. The number of carbonyl (C=O) groups is 3. The lowest BCUT2D eigenvalue weighted by atomic mass is 10.0. The average Bonchev–Trinajstić information content (AvgIpc) is 2.27. The van der Waals surface area contributed by atoms with Crippen LogP contribution in [0.5, 0.6) is 0 Å². The van der Waals surface area contributed by atoms with Gasteiger partial charge in [-0.05, 0) is 0 Å². The Morgan fingerprint density at radius 3 is 2.12 bits per heavy atom. The summed E-state index contributed by atoms with van der Waals surface area (Å²) in [7, 11) is 1.04. The van der Waals surface area contributed by atoms with Crippen molar-refractivity contribution in [3.8, 4) is 0 Å². The molecule has 0 saturated heterocycles. The average molecular weight is 250 g/mol. The third-order valence-corrected chi connectivity index (χ3v) is 1.90. The van der Waals surface area contributed by atoms with Gasteiger partial charge in [0.1, 0.15) is 18.3 Å². The van der Waals surface area contributed by atoms with Crippen LogP contribution in [0.1, 0.15) is 6.92 Å². The second-order valence-electron chi connectivity index (χ2n) is 3.18. The highest BCUT2D eigenvalue weighted by atomic mass is 16.6. The van der Waals surface area contributed by atoms with Gasteiger partial charge in [-0.2, -0.15) is 0 Å². The molecule has 0 heterocycles. The number of carbonyl (C=O) groups excluding carboxylic acids is 3. The third-order valence-electron chi connectivity index (χ3n) is 1.90. The maximum atomic E-state index is 11.1. The fourth-order valence-corrected chi connectivity index (χ4v) is 1.07. The predicted octanol–water partition coefficient (Wildman–Crippen LogP) is -2.63. The Hall–Kier alpha value is -1.35. The zero-order valence-electron chi connectivity index (χ0n) is 9.27. The molecule has 0 spiro atoms. The number of hydrogen-bond donors (Lipinski definition) is 3. The molecule has 3 N–H and O–H groups in total. The van der Waals surface area contributed by atoms with Crippen LogP contribution in [0.4, 0.5) is 0 Å². The number of ether oxygens (including phenoxy) is 2. The molecule has 4 unspecified atom stereocenters. The third kappa shape index (κ3) is 4.57. The second-order valence-corrected chi connectivity index (χ2v) is 3.18. The lowest BCUT2D eigenvalue weighted by molar-refractivity contribution is -0.178. The monoisotopic (exact) mass is 250 g/mol. The van der Waals surface area contributed by atoms with Crippen molar-refractivity contribution in [3.63, 3.8) is 0 Å². The largest absolute Gasteiger partial charge is 0.391 e. The highest BCUT2D eigenvalue weighted by Gasteiger charge is 2.37. The minimum Gasteiger partial charge on any atom is -0.391 e. The first-order valence-corrected chi connectivity index (χ1v) is 4.59. The van der Waals surface area contributed by atoms with Crippen LogP contribution in [0.2, 0.25) is 0 Å². The molecule has 4 atom stereocenters. The Morgan fingerprint density at radius 2 is 1.76 bits per heavy atom. The molecule has 8 nitrogen and oxygen atoms in total. The molecule has 0 amide bonds. The van der Waals surface area contributed by atoms with E-state index in [0.717, 1.165) is 14.0 Å². The normalized spacial score (nSPS) is 17.7. The molecule has 0 fully saturated rings. The Kier molecular flexibility index (Phi) is 6.51. The molecule has 0 aliphatic rings. The molecule has 0 radical (unpaired) electrons. The van der Waals surface area contributed by atoms with E-state index in [1.807, 2.05) is 0 Å². The first-order valence-electron chi connectivity index (χ1n) is 4.59. The zero-order chi connectivity index (χ0) is 13.6. The van der Waals surface area contributed by atoms with Gasteiger partial charge < -0.3 is 29.6 Å². The Morgan fingerprint density at radius 1 is 1.24 bits per heavy atom. The van der Waals surface area contributed by atoms with E-state index >= 15 is 0 Å². The molecule has 0 aromatic rings. The van der Waals surface area contributed by atoms with Crippen molar-refractivity contribution in [2.45, 2.75) is 31.3 Å². The summed E-state index contributed by atoms with van der Waals surface area (Å²) in [5.74, 6) is -2.30. The molecule has 0 saturated carbocycles. The number of aldehydes is 1. The van der Waals surface area contributed by atoms with Crippen LogP contribution in [0.3, 0.4) is 0 Å². The van der Waals surface area contributed by atoms with E-state index in [1.165, 1.54) is 0 Å². The summed E-state index contributed by atoms with van der Waals surface area (Å²) in [6.07, 6.45) is -7.25. The molecule has 98 valence electrons. The molecule has 0 aliphatic carbocycles. The number of hydrogen-bond acceptors (Lipinski definition) is 8. The molecular formula is C9H14O8. The van der Waals surface area contributed by atoms with E-state index in [9.17, 15) is 24.6 Å². The summed E-state index contributed by atoms with van der Waals surface area (Å²) in [5.41, 5.74) is 0. The van der Waals surface area contributed by atoms with Crippen LogP contribution in [-0.2, 0) is 23.9 Å². The van der Waals surface area contributed by atoms with Gasteiger partial charge in [-0.15, -0.1) is 0 Å². The van der Waals surface area contributed by atoms with E-state index in [4.69, 9.17) is 5.11 Å². The maximum absolute atomic E-state index is 11.1. The van der Waals surface area contributed by atoms with Crippen molar-refractivity contribution >= 4 is 18.2 Å². The Labute approximate surface area is 96.8 Å².